The molecule has 3 nitrogen and oxygen atoms in total. The first-order valence-corrected chi connectivity index (χ1v) is 4.71. The van der Waals surface area contributed by atoms with Crippen LogP contribution in [-0.4, -0.2) is 47.9 Å². The summed E-state index contributed by atoms with van der Waals surface area (Å²) in [6.45, 7) is 4.05. The molecule has 68 valence electrons. The number of carbonyl (C=O) groups excluding carboxylic acids is 1. The molecule has 12 heavy (non-hydrogen) atoms. The highest BCUT2D eigenvalue weighted by molar-refractivity contribution is 5.82. The van der Waals surface area contributed by atoms with Gasteiger partial charge in [0.1, 0.15) is 0 Å². The fourth-order valence-electron chi connectivity index (χ4n) is 2.23. The van der Waals surface area contributed by atoms with E-state index in [1.807, 2.05) is 14.0 Å². The second-order valence-electron chi connectivity index (χ2n) is 3.94. The highest BCUT2D eigenvalue weighted by atomic mass is 16.2. The van der Waals surface area contributed by atoms with Crippen molar-refractivity contribution in [3.8, 4) is 0 Å². The van der Waals surface area contributed by atoms with Gasteiger partial charge in [-0.3, -0.25) is 9.69 Å². The molecule has 2 aliphatic rings. The maximum atomic E-state index is 11.7. The monoisotopic (exact) mass is 168 g/mol. The summed E-state index contributed by atoms with van der Waals surface area (Å²) in [6.07, 6.45) is 2.39. The first-order valence-electron chi connectivity index (χ1n) is 4.71. The van der Waals surface area contributed by atoms with E-state index in [1.54, 1.807) is 0 Å². The lowest BCUT2D eigenvalue weighted by Crippen LogP contribution is -2.57. The van der Waals surface area contributed by atoms with E-state index in [1.165, 1.54) is 12.8 Å². The van der Waals surface area contributed by atoms with Gasteiger partial charge in [0.05, 0.1) is 6.04 Å². The summed E-state index contributed by atoms with van der Waals surface area (Å²) in [5.74, 6) is 0.325. The van der Waals surface area contributed by atoms with Crippen LogP contribution in [0.25, 0.3) is 0 Å². The Morgan fingerprint density at radius 1 is 1.50 bits per heavy atom. The summed E-state index contributed by atoms with van der Waals surface area (Å²) in [7, 11) is 2.04. The lowest BCUT2D eigenvalue weighted by atomic mass is 10.1. The van der Waals surface area contributed by atoms with Gasteiger partial charge in [-0.1, -0.05) is 0 Å². The predicted molar refractivity (Wildman–Crippen MR) is 46.8 cm³/mol. The van der Waals surface area contributed by atoms with Crippen LogP contribution in [0.1, 0.15) is 19.8 Å². The molecule has 0 N–H and O–H groups in total. The Morgan fingerprint density at radius 3 is 3.00 bits per heavy atom. The molecule has 0 spiro atoms. The second-order valence-corrected chi connectivity index (χ2v) is 3.94. The minimum Gasteiger partial charge on any atom is -0.337 e. The number of carbonyl (C=O) groups is 1. The second kappa shape index (κ2) is 2.73. The Hall–Kier alpha value is -0.570. The number of fused-ring (bicyclic) bond motifs is 1. The van der Waals surface area contributed by atoms with Crippen LogP contribution in [0.4, 0.5) is 0 Å². The summed E-state index contributed by atoms with van der Waals surface area (Å²) in [4.78, 5) is 15.9. The van der Waals surface area contributed by atoms with Gasteiger partial charge in [-0.2, -0.15) is 0 Å². The number of rotatable bonds is 0. The lowest BCUT2D eigenvalue weighted by Gasteiger charge is -2.39. The topological polar surface area (TPSA) is 23.6 Å². The van der Waals surface area contributed by atoms with Gasteiger partial charge in [0.2, 0.25) is 5.91 Å². The Labute approximate surface area is 73.3 Å². The van der Waals surface area contributed by atoms with E-state index in [4.69, 9.17) is 0 Å². The summed E-state index contributed by atoms with van der Waals surface area (Å²) in [5, 5.41) is 0. The van der Waals surface area contributed by atoms with E-state index in [2.05, 4.69) is 9.80 Å². The Bertz CT molecular complexity index is 205. The van der Waals surface area contributed by atoms with Crippen molar-refractivity contribution in [3.63, 3.8) is 0 Å². The molecule has 0 aromatic carbocycles. The molecule has 3 heteroatoms. The Morgan fingerprint density at radius 2 is 2.25 bits per heavy atom. The Kier molecular flexibility index (Phi) is 1.83. The van der Waals surface area contributed by atoms with Crippen molar-refractivity contribution in [1.82, 2.24) is 9.80 Å². The molecule has 2 aliphatic heterocycles. The molecule has 0 aromatic rings. The predicted octanol–water partition coefficient (Wildman–Crippen LogP) is 0.311. The number of piperazine rings is 1. The van der Waals surface area contributed by atoms with Crippen molar-refractivity contribution in [2.24, 2.45) is 0 Å². The third-order valence-corrected chi connectivity index (χ3v) is 3.18. The molecule has 0 saturated carbocycles. The zero-order chi connectivity index (χ0) is 8.72. The largest absolute Gasteiger partial charge is 0.337 e. The Balaban J connectivity index is 2.16. The molecule has 2 atom stereocenters. The molecule has 0 radical (unpaired) electrons. The van der Waals surface area contributed by atoms with Crippen molar-refractivity contribution in [1.29, 1.82) is 0 Å². The molecule has 2 fully saturated rings. The van der Waals surface area contributed by atoms with Crippen LogP contribution in [0.3, 0.4) is 0 Å². The summed E-state index contributed by atoms with van der Waals surface area (Å²) < 4.78 is 0. The standard InChI is InChI=1S/C9H16N2O/c1-7-9(12)11-5-3-4-8(11)6-10(7)2/h7-8H,3-6H2,1-2H3. The SMILES string of the molecule is CC1C(=O)N2CCCC2CN1C. The van der Waals surface area contributed by atoms with E-state index >= 15 is 0 Å². The maximum absolute atomic E-state index is 11.7. The van der Waals surface area contributed by atoms with Gasteiger partial charge in [0.15, 0.2) is 0 Å². The van der Waals surface area contributed by atoms with Gasteiger partial charge in [0.25, 0.3) is 0 Å². The summed E-state index contributed by atoms with van der Waals surface area (Å²) >= 11 is 0. The van der Waals surface area contributed by atoms with Crippen molar-refractivity contribution in [3.05, 3.63) is 0 Å². The van der Waals surface area contributed by atoms with Gasteiger partial charge in [-0.25, -0.2) is 0 Å². The quantitative estimate of drug-likeness (QED) is 0.520. The molecule has 2 rings (SSSR count). The van der Waals surface area contributed by atoms with E-state index < -0.39 is 0 Å². The number of amides is 1. The van der Waals surface area contributed by atoms with E-state index in [0.29, 0.717) is 11.9 Å². The van der Waals surface area contributed by atoms with Crippen molar-refractivity contribution < 1.29 is 4.79 Å². The van der Waals surface area contributed by atoms with Crippen LogP contribution in [0.2, 0.25) is 0 Å². The zero-order valence-corrected chi connectivity index (χ0v) is 7.79. The third-order valence-electron chi connectivity index (χ3n) is 3.18. The fourth-order valence-corrected chi connectivity index (χ4v) is 2.23. The molecule has 0 bridgehead atoms. The van der Waals surface area contributed by atoms with Crippen LogP contribution in [-0.2, 0) is 4.79 Å². The van der Waals surface area contributed by atoms with Gasteiger partial charge < -0.3 is 4.90 Å². The van der Waals surface area contributed by atoms with E-state index in [9.17, 15) is 4.79 Å². The minimum absolute atomic E-state index is 0.0966. The first-order chi connectivity index (χ1) is 5.70. The van der Waals surface area contributed by atoms with E-state index in [0.717, 1.165) is 13.1 Å². The number of likely N-dealkylation sites (N-methyl/N-ethyl adjacent to an activating group) is 1. The summed E-state index contributed by atoms with van der Waals surface area (Å²) in [5.41, 5.74) is 0. The molecule has 0 aromatic heterocycles. The maximum Gasteiger partial charge on any atom is 0.239 e. The van der Waals surface area contributed by atoms with Gasteiger partial charge in [0, 0.05) is 19.1 Å². The lowest BCUT2D eigenvalue weighted by molar-refractivity contribution is -0.141. The smallest absolute Gasteiger partial charge is 0.239 e. The molecule has 0 aliphatic carbocycles. The van der Waals surface area contributed by atoms with E-state index in [-0.39, 0.29) is 6.04 Å². The van der Waals surface area contributed by atoms with Crippen molar-refractivity contribution in [2.45, 2.75) is 31.8 Å². The number of hydrogen-bond donors (Lipinski definition) is 0. The van der Waals surface area contributed by atoms with Crippen LogP contribution in [0, 0.1) is 0 Å². The minimum atomic E-state index is 0.0966. The van der Waals surface area contributed by atoms with Gasteiger partial charge in [-0.05, 0) is 26.8 Å². The highest BCUT2D eigenvalue weighted by Crippen LogP contribution is 2.24. The van der Waals surface area contributed by atoms with Crippen molar-refractivity contribution in [2.75, 3.05) is 20.1 Å². The summed E-state index contributed by atoms with van der Waals surface area (Å²) in [6, 6.07) is 0.609. The number of hydrogen-bond acceptors (Lipinski definition) is 2. The third kappa shape index (κ3) is 1.04. The van der Waals surface area contributed by atoms with Gasteiger partial charge in [-0.15, -0.1) is 0 Å². The zero-order valence-electron chi connectivity index (χ0n) is 7.79. The molecule has 1 amide bonds. The van der Waals surface area contributed by atoms with Crippen LogP contribution >= 0.6 is 0 Å². The fraction of sp³-hybridized carbons (Fsp3) is 0.889. The van der Waals surface area contributed by atoms with Crippen LogP contribution in [0.5, 0.6) is 0 Å². The molecule has 2 heterocycles. The highest BCUT2D eigenvalue weighted by Gasteiger charge is 2.38. The molecule has 2 saturated heterocycles. The average molecular weight is 168 g/mol. The average Bonchev–Trinajstić information content (AvgIpc) is 2.48. The normalized spacial score (nSPS) is 37.2. The molecule has 2 unspecified atom stereocenters. The van der Waals surface area contributed by atoms with Crippen LogP contribution in [0.15, 0.2) is 0 Å². The molecular formula is C9H16N2O. The first kappa shape index (κ1) is 8.05. The molecular weight excluding hydrogens is 152 g/mol. The van der Waals surface area contributed by atoms with Crippen LogP contribution < -0.4 is 0 Å². The number of nitrogens with zero attached hydrogens (tertiary/aromatic N) is 2. The van der Waals surface area contributed by atoms with Gasteiger partial charge >= 0.3 is 0 Å². The van der Waals surface area contributed by atoms with Crippen molar-refractivity contribution >= 4 is 5.91 Å².